The third-order valence-corrected chi connectivity index (χ3v) is 3.51. The fraction of sp³-hybridized carbons (Fsp3) is 0.200. The van der Waals surface area contributed by atoms with Crippen LogP contribution in [0.1, 0.15) is 11.1 Å². The highest BCUT2D eigenvalue weighted by Gasteiger charge is 2.11. The number of thiophene rings is 1. The van der Waals surface area contributed by atoms with Crippen LogP contribution in [0.15, 0.2) is 47.2 Å². The quantitative estimate of drug-likeness (QED) is 0.823. The first-order valence-electron chi connectivity index (χ1n) is 6.37. The minimum atomic E-state index is -0.598. The predicted octanol–water partition coefficient (Wildman–Crippen LogP) is 1.72. The third-order valence-electron chi connectivity index (χ3n) is 2.78. The lowest BCUT2D eigenvalue weighted by atomic mass is 10.2. The molecule has 0 radical (unpaired) electrons. The molecule has 2 rings (SSSR count). The highest BCUT2D eigenvalue weighted by Crippen LogP contribution is 2.05. The van der Waals surface area contributed by atoms with Gasteiger partial charge < -0.3 is 10.6 Å². The minimum Gasteiger partial charge on any atom is -0.348 e. The zero-order valence-electron chi connectivity index (χ0n) is 11.0. The normalized spacial score (nSPS) is 10.0. The average molecular weight is 288 g/mol. The summed E-state index contributed by atoms with van der Waals surface area (Å²) >= 11 is 1.62. The molecule has 0 fully saturated rings. The lowest BCUT2D eigenvalue weighted by molar-refractivity contribution is -0.139. The molecule has 2 aromatic rings. The van der Waals surface area contributed by atoms with E-state index in [1.165, 1.54) is 5.56 Å². The Morgan fingerprint density at radius 1 is 0.950 bits per heavy atom. The van der Waals surface area contributed by atoms with E-state index in [4.69, 9.17) is 0 Å². The zero-order chi connectivity index (χ0) is 14.2. The molecule has 20 heavy (non-hydrogen) atoms. The number of rotatable bonds is 5. The van der Waals surface area contributed by atoms with Gasteiger partial charge in [-0.25, -0.2) is 0 Å². The maximum absolute atomic E-state index is 11.6. The lowest BCUT2D eigenvalue weighted by Gasteiger charge is -2.06. The van der Waals surface area contributed by atoms with E-state index in [1.54, 1.807) is 11.3 Å². The first-order valence-corrected chi connectivity index (χ1v) is 7.31. The Balaban J connectivity index is 1.68. The van der Waals surface area contributed by atoms with E-state index >= 15 is 0 Å². The number of carbonyl (C=O) groups excluding carboxylic acids is 2. The molecule has 2 N–H and O–H groups in total. The number of hydrogen-bond acceptors (Lipinski definition) is 3. The molecule has 1 aromatic heterocycles. The van der Waals surface area contributed by atoms with Crippen LogP contribution in [-0.4, -0.2) is 18.4 Å². The van der Waals surface area contributed by atoms with Crippen LogP contribution in [0.4, 0.5) is 0 Å². The van der Waals surface area contributed by atoms with Gasteiger partial charge >= 0.3 is 11.8 Å². The summed E-state index contributed by atoms with van der Waals surface area (Å²) in [6.07, 6.45) is 0.737. The maximum atomic E-state index is 11.6. The van der Waals surface area contributed by atoms with Crippen LogP contribution in [0.5, 0.6) is 0 Å². The summed E-state index contributed by atoms with van der Waals surface area (Å²) in [5, 5.41) is 9.22. The van der Waals surface area contributed by atoms with Crippen LogP contribution in [-0.2, 0) is 22.6 Å². The molecule has 0 aliphatic rings. The van der Waals surface area contributed by atoms with E-state index in [2.05, 4.69) is 10.6 Å². The van der Waals surface area contributed by atoms with E-state index in [-0.39, 0.29) is 0 Å². The highest BCUT2D eigenvalue weighted by atomic mass is 32.1. The second-order valence-corrected chi connectivity index (χ2v) is 5.09. The largest absolute Gasteiger partial charge is 0.348 e. The summed E-state index contributed by atoms with van der Waals surface area (Å²) in [6, 6.07) is 11.5. The first kappa shape index (κ1) is 14.3. The number of hydrogen-bond donors (Lipinski definition) is 2. The Kier molecular flexibility index (Phi) is 5.32. The van der Waals surface area contributed by atoms with Gasteiger partial charge in [0.25, 0.3) is 0 Å². The van der Waals surface area contributed by atoms with Crippen molar-refractivity contribution in [3.05, 3.63) is 58.3 Å². The Morgan fingerprint density at radius 3 is 2.40 bits per heavy atom. The third kappa shape index (κ3) is 4.51. The van der Waals surface area contributed by atoms with Crippen molar-refractivity contribution in [1.29, 1.82) is 0 Å². The summed E-state index contributed by atoms with van der Waals surface area (Å²) in [5.41, 5.74) is 2.13. The van der Waals surface area contributed by atoms with Crippen molar-refractivity contribution in [1.82, 2.24) is 10.6 Å². The maximum Gasteiger partial charge on any atom is 0.309 e. The van der Waals surface area contributed by atoms with Gasteiger partial charge in [-0.15, -0.1) is 0 Å². The summed E-state index contributed by atoms with van der Waals surface area (Å²) in [6.45, 7) is 0.825. The molecular weight excluding hydrogens is 272 g/mol. The zero-order valence-corrected chi connectivity index (χ0v) is 11.8. The lowest BCUT2D eigenvalue weighted by Crippen LogP contribution is -2.40. The SMILES string of the molecule is O=C(NCCc1ccsc1)C(=O)NCc1ccccc1. The Morgan fingerprint density at radius 2 is 1.70 bits per heavy atom. The topological polar surface area (TPSA) is 58.2 Å². The van der Waals surface area contributed by atoms with Gasteiger partial charge in [0.15, 0.2) is 0 Å². The molecule has 0 spiro atoms. The van der Waals surface area contributed by atoms with Crippen molar-refractivity contribution in [2.75, 3.05) is 6.54 Å². The second kappa shape index (κ2) is 7.45. The summed E-state index contributed by atoms with van der Waals surface area (Å²) in [4.78, 5) is 23.2. The second-order valence-electron chi connectivity index (χ2n) is 4.31. The molecule has 0 unspecified atom stereocenters. The van der Waals surface area contributed by atoms with Gasteiger partial charge in [-0.2, -0.15) is 11.3 Å². The monoisotopic (exact) mass is 288 g/mol. The van der Waals surface area contributed by atoms with E-state index in [0.717, 1.165) is 12.0 Å². The fourth-order valence-electron chi connectivity index (χ4n) is 1.69. The van der Waals surface area contributed by atoms with E-state index in [9.17, 15) is 9.59 Å². The molecule has 0 saturated carbocycles. The number of amides is 2. The molecule has 0 atom stereocenters. The van der Waals surface area contributed by atoms with Crippen LogP contribution >= 0.6 is 11.3 Å². The van der Waals surface area contributed by atoms with Gasteiger partial charge in [0, 0.05) is 13.1 Å². The minimum absolute atomic E-state index is 0.359. The molecule has 104 valence electrons. The van der Waals surface area contributed by atoms with Crippen LogP contribution in [0, 0.1) is 0 Å². The predicted molar refractivity (Wildman–Crippen MR) is 79.3 cm³/mol. The standard InChI is InChI=1S/C15H16N2O2S/c18-14(16-8-6-13-7-9-20-11-13)15(19)17-10-12-4-2-1-3-5-12/h1-5,7,9,11H,6,8,10H2,(H,16,18)(H,17,19). The molecular formula is C15H16N2O2S. The molecule has 1 aromatic carbocycles. The van der Waals surface area contributed by atoms with Gasteiger partial charge in [0.1, 0.15) is 0 Å². The molecule has 5 heteroatoms. The summed E-state index contributed by atoms with van der Waals surface area (Å²) in [5.74, 6) is -1.18. The first-order chi connectivity index (χ1) is 9.75. The van der Waals surface area contributed by atoms with Crippen LogP contribution in [0.3, 0.4) is 0 Å². The van der Waals surface area contributed by atoms with Crippen molar-refractivity contribution >= 4 is 23.2 Å². The van der Waals surface area contributed by atoms with Crippen molar-refractivity contribution in [3.8, 4) is 0 Å². The molecule has 0 bridgehead atoms. The van der Waals surface area contributed by atoms with Crippen molar-refractivity contribution in [3.63, 3.8) is 0 Å². The number of benzene rings is 1. The summed E-state index contributed by atoms with van der Waals surface area (Å²) in [7, 11) is 0. The van der Waals surface area contributed by atoms with Gasteiger partial charge in [-0.05, 0) is 34.4 Å². The smallest absolute Gasteiger partial charge is 0.309 e. The van der Waals surface area contributed by atoms with Crippen LogP contribution in [0.25, 0.3) is 0 Å². The molecule has 0 saturated heterocycles. The van der Waals surface area contributed by atoms with Crippen molar-refractivity contribution in [2.45, 2.75) is 13.0 Å². The fourth-order valence-corrected chi connectivity index (χ4v) is 2.40. The Labute approximate surface area is 121 Å². The van der Waals surface area contributed by atoms with Crippen LogP contribution in [0.2, 0.25) is 0 Å². The molecule has 2 amide bonds. The highest BCUT2D eigenvalue weighted by molar-refractivity contribution is 7.07. The number of carbonyl (C=O) groups is 2. The van der Waals surface area contributed by atoms with Crippen molar-refractivity contribution < 1.29 is 9.59 Å². The van der Waals surface area contributed by atoms with Gasteiger partial charge in [-0.1, -0.05) is 30.3 Å². The average Bonchev–Trinajstić information content (AvgIpc) is 2.99. The molecule has 0 aliphatic carbocycles. The Bertz CT molecular complexity index is 553. The van der Waals surface area contributed by atoms with Crippen molar-refractivity contribution in [2.24, 2.45) is 0 Å². The Hall–Kier alpha value is -2.14. The van der Waals surface area contributed by atoms with Gasteiger partial charge in [0.2, 0.25) is 0 Å². The molecule has 4 nitrogen and oxygen atoms in total. The molecule has 0 aliphatic heterocycles. The summed E-state index contributed by atoms with van der Waals surface area (Å²) < 4.78 is 0. The number of nitrogens with one attached hydrogen (secondary N) is 2. The van der Waals surface area contributed by atoms with Gasteiger partial charge in [0.05, 0.1) is 0 Å². The van der Waals surface area contributed by atoms with E-state index < -0.39 is 11.8 Å². The van der Waals surface area contributed by atoms with E-state index in [0.29, 0.717) is 13.1 Å². The molecule has 1 heterocycles. The van der Waals surface area contributed by atoms with Gasteiger partial charge in [-0.3, -0.25) is 9.59 Å². The van der Waals surface area contributed by atoms with E-state index in [1.807, 2.05) is 47.2 Å². The van der Waals surface area contributed by atoms with Crippen LogP contribution < -0.4 is 10.6 Å².